The topological polar surface area (TPSA) is 105 Å². The van der Waals surface area contributed by atoms with Gasteiger partial charge in [0.15, 0.2) is 0 Å². The van der Waals surface area contributed by atoms with E-state index in [0.29, 0.717) is 11.3 Å². The average Bonchev–Trinajstić information content (AvgIpc) is 2.55. The lowest BCUT2D eigenvalue weighted by Gasteiger charge is -2.12. The standard InChI is InChI=1S/C17H15ClN2O5/c1-9(21)19-11-5-3-4-10(6-11)16(22)20-14-8-15(25-2)12(17(23)24)7-13(14)18/h3-8H,1-2H3,(H,19,21)(H,20,22)(H,23,24). The van der Waals surface area contributed by atoms with Gasteiger partial charge in [-0.3, -0.25) is 9.59 Å². The lowest BCUT2D eigenvalue weighted by Crippen LogP contribution is -2.14. The number of hydrogen-bond acceptors (Lipinski definition) is 4. The summed E-state index contributed by atoms with van der Waals surface area (Å²) < 4.78 is 5.01. The molecule has 0 saturated heterocycles. The number of aromatic carboxylic acids is 1. The van der Waals surface area contributed by atoms with E-state index in [2.05, 4.69) is 10.6 Å². The maximum Gasteiger partial charge on any atom is 0.339 e. The minimum atomic E-state index is -1.19. The Morgan fingerprint density at radius 1 is 1.12 bits per heavy atom. The van der Waals surface area contributed by atoms with Crippen LogP contribution in [-0.4, -0.2) is 30.0 Å². The molecule has 0 saturated carbocycles. The molecule has 3 N–H and O–H groups in total. The lowest BCUT2D eigenvalue weighted by atomic mass is 10.1. The highest BCUT2D eigenvalue weighted by atomic mass is 35.5. The van der Waals surface area contributed by atoms with Gasteiger partial charge >= 0.3 is 5.97 Å². The smallest absolute Gasteiger partial charge is 0.339 e. The van der Waals surface area contributed by atoms with Gasteiger partial charge in [0, 0.05) is 24.2 Å². The number of carbonyl (C=O) groups is 3. The predicted molar refractivity (Wildman–Crippen MR) is 93.7 cm³/mol. The Bertz CT molecular complexity index is 851. The van der Waals surface area contributed by atoms with Crippen LogP contribution in [0.5, 0.6) is 5.75 Å². The number of ether oxygens (including phenoxy) is 1. The predicted octanol–water partition coefficient (Wildman–Crippen LogP) is 3.26. The second-order valence-electron chi connectivity index (χ2n) is 5.05. The number of nitrogens with one attached hydrogen (secondary N) is 2. The normalized spacial score (nSPS) is 10.0. The number of carboxylic acid groups (broad SMARTS) is 1. The van der Waals surface area contributed by atoms with Crippen LogP contribution in [0.2, 0.25) is 5.02 Å². The van der Waals surface area contributed by atoms with E-state index < -0.39 is 11.9 Å². The van der Waals surface area contributed by atoms with Crippen LogP contribution < -0.4 is 15.4 Å². The highest BCUT2D eigenvalue weighted by molar-refractivity contribution is 6.34. The zero-order valence-electron chi connectivity index (χ0n) is 13.4. The van der Waals surface area contributed by atoms with Crippen LogP contribution in [0.3, 0.4) is 0 Å². The van der Waals surface area contributed by atoms with Crippen LogP contribution in [0.4, 0.5) is 11.4 Å². The van der Waals surface area contributed by atoms with Gasteiger partial charge in [-0.05, 0) is 24.3 Å². The molecule has 0 bridgehead atoms. The Morgan fingerprint density at radius 3 is 2.44 bits per heavy atom. The van der Waals surface area contributed by atoms with Gasteiger partial charge in [0.2, 0.25) is 5.91 Å². The number of halogens is 1. The zero-order valence-corrected chi connectivity index (χ0v) is 14.2. The zero-order chi connectivity index (χ0) is 18.6. The van der Waals surface area contributed by atoms with Gasteiger partial charge < -0.3 is 20.5 Å². The Hall–Kier alpha value is -3.06. The molecule has 25 heavy (non-hydrogen) atoms. The molecule has 0 aliphatic rings. The molecule has 0 radical (unpaired) electrons. The molecule has 8 heteroatoms. The van der Waals surface area contributed by atoms with E-state index in [1.165, 1.54) is 32.2 Å². The van der Waals surface area contributed by atoms with Crippen molar-refractivity contribution in [3.8, 4) is 5.75 Å². The molecule has 130 valence electrons. The fourth-order valence-electron chi connectivity index (χ4n) is 2.12. The second kappa shape index (κ2) is 7.67. The van der Waals surface area contributed by atoms with Gasteiger partial charge in [0.05, 0.1) is 17.8 Å². The molecule has 0 atom stereocenters. The minimum Gasteiger partial charge on any atom is -0.496 e. The van der Waals surface area contributed by atoms with Crippen molar-refractivity contribution in [2.75, 3.05) is 17.7 Å². The quantitative estimate of drug-likeness (QED) is 0.757. The van der Waals surface area contributed by atoms with Crippen molar-refractivity contribution >= 4 is 40.8 Å². The van der Waals surface area contributed by atoms with Crippen molar-refractivity contribution in [2.24, 2.45) is 0 Å². The van der Waals surface area contributed by atoms with Crippen LogP contribution in [0, 0.1) is 0 Å². The Morgan fingerprint density at radius 2 is 1.84 bits per heavy atom. The summed E-state index contributed by atoms with van der Waals surface area (Å²) in [5.74, 6) is -1.85. The largest absolute Gasteiger partial charge is 0.496 e. The molecule has 0 fully saturated rings. The summed E-state index contributed by atoms with van der Waals surface area (Å²) in [6, 6.07) is 8.88. The molecule has 2 aromatic rings. The molecule has 2 aromatic carbocycles. The SMILES string of the molecule is COc1cc(NC(=O)c2cccc(NC(C)=O)c2)c(Cl)cc1C(=O)O. The van der Waals surface area contributed by atoms with Gasteiger partial charge in [0.25, 0.3) is 5.91 Å². The molecule has 0 heterocycles. The van der Waals surface area contributed by atoms with E-state index in [4.69, 9.17) is 21.4 Å². The van der Waals surface area contributed by atoms with Crippen LogP contribution >= 0.6 is 11.6 Å². The van der Waals surface area contributed by atoms with E-state index in [-0.39, 0.29) is 27.9 Å². The Labute approximate surface area is 148 Å². The van der Waals surface area contributed by atoms with Crippen LogP contribution in [-0.2, 0) is 4.79 Å². The molecular formula is C17H15ClN2O5. The van der Waals surface area contributed by atoms with Gasteiger partial charge in [-0.2, -0.15) is 0 Å². The first kappa shape index (κ1) is 18.3. The molecule has 2 amide bonds. The third-order valence-corrected chi connectivity index (χ3v) is 3.53. The van der Waals surface area contributed by atoms with Crippen LogP contribution in [0.1, 0.15) is 27.6 Å². The van der Waals surface area contributed by atoms with E-state index in [1.807, 2.05) is 0 Å². The van der Waals surface area contributed by atoms with Crippen molar-refractivity contribution in [1.29, 1.82) is 0 Å². The highest BCUT2D eigenvalue weighted by Gasteiger charge is 2.17. The van der Waals surface area contributed by atoms with Gasteiger partial charge in [-0.25, -0.2) is 4.79 Å². The van der Waals surface area contributed by atoms with Crippen molar-refractivity contribution in [2.45, 2.75) is 6.92 Å². The summed E-state index contributed by atoms with van der Waals surface area (Å²) in [4.78, 5) is 34.6. The van der Waals surface area contributed by atoms with Crippen molar-refractivity contribution in [3.05, 3.63) is 52.5 Å². The Kier molecular flexibility index (Phi) is 5.61. The summed E-state index contributed by atoms with van der Waals surface area (Å²) in [5, 5.41) is 14.3. The summed E-state index contributed by atoms with van der Waals surface area (Å²) >= 11 is 6.04. The molecule has 0 aliphatic heterocycles. The lowest BCUT2D eigenvalue weighted by molar-refractivity contribution is -0.114. The number of carbonyl (C=O) groups excluding carboxylic acids is 2. The van der Waals surface area contributed by atoms with Crippen LogP contribution in [0.15, 0.2) is 36.4 Å². The number of hydrogen-bond donors (Lipinski definition) is 3. The van der Waals surface area contributed by atoms with E-state index in [0.717, 1.165) is 0 Å². The second-order valence-corrected chi connectivity index (χ2v) is 5.46. The number of benzene rings is 2. The number of carboxylic acids is 1. The highest BCUT2D eigenvalue weighted by Crippen LogP contribution is 2.31. The van der Waals surface area contributed by atoms with E-state index in [9.17, 15) is 14.4 Å². The number of anilines is 2. The first-order valence-corrected chi connectivity index (χ1v) is 7.49. The first-order chi connectivity index (χ1) is 11.8. The summed E-state index contributed by atoms with van der Waals surface area (Å²) in [6.45, 7) is 1.36. The average molecular weight is 363 g/mol. The van der Waals surface area contributed by atoms with Gasteiger partial charge in [-0.1, -0.05) is 17.7 Å². The van der Waals surface area contributed by atoms with Crippen LogP contribution in [0.25, 0.3) is 0 Å². The van der Waals surface area contributed by atoms with Crippen molar-refractivity contribution in [1.82, 2.24) is 0 Å². The molecule has 0 unspecified atom stereocenters. The number of rotatable bonds is 5. The maximum absolute atomic E-state index is 12.4. The summed E-state index contributed by atoms with van der Waals surface area (Å²) in [6.07, 6.45) is 0. The third-order valence-electron chi connectivity index (χ3n) is 3.21. The van der Waals surface area contributed by atoms with Crippen molar-refractivity contribution in [3.63, 3.8) is 0 Å². The molecule has 7 nitrogen and oxygen atoms in total. The number of amides is 2. The molecule has 0 spiro atoms. The number of methoxy groups -OCH3 is 1. The minimum absolute atomic E-state index is 0.0598. The van der Waals surface area contributed by atoms with E-state index >= 15 is 0 Å². The molecular weight excluding hydrogens is 348 g/mol. The van der Waals surface area contributed by atoms with E-state index in [1.54, 1.807) is 18.2 Å². The molecule has 2 rings (SSSR count). The van der Waals surface area contributed by atoms with Gasteiger partial charge in [-0.15, -0.1) is 0 Å². The fraction of sp³-hybridized carbons (Fsp3) is 0.118. The third kappa shape index (κ3) is 4.48. The summed E-state index contributed by atoms with van der Waals surface area (Å²) in [5.41, 5.74) is 0.866. The first-order valence-electron chi connectivity index (χ1n) is 7.11. The summed E-state index contributed by atoms with van der Waals surface area (Å²) in [7, 11) is 1.32. The monoisotopic (exact) mass is 362 g/mol. The van der Waals surface area contributed by atoms with Gasteiger partial charge in [0.1, 0.15) is 11.3 Å². The fourth-order valence-corrected chi connectivity index (χ4v) is 2.33. The van der Waals surface area contributed by atoms with Crippen molar-refractivity contribution < 1.29 is 24.2 Å². The Balaban J connectivity index is 2.29. The molecule has 0 aliphatic carbocycles. The molecule has 0 aromatic heterocycles. The maximum atomic E-state index is 12.4.